The fraction of sp³-hybridized carbons (Fsp3) is 1.00. The van der Waals surface area contributed by atoms with Crippen molar-refractivity contribution in [1.29, 1.82) is 0 Å². The van der Waals surface area contributed by atoms with Crippen LogP contribution in [-0.2, 0) is 0 Å². The van der Waals surface area contributed by atoms with E-state index >= 15 is 0 Å². The molecule has 0 aromatic rings. The summed E-state index contributed by atoms with van der Waals surface area (Å²) in [5.74, 6) is 0.435. The lowest BCUT2D eigenvalue weighted by molar-refractivity contribution is 0.00201. The van der Waals surface area contributed by atoms with Crippen LogP contribution in [-0.4, -0.2) is 5.67 Å². The second kappa shape index (κ2) is 2.76. The maximum Gasteiger partial charge on any atom is 0.113 e. The minimum Gasteiger partial charge on any atom is -0.244 e. The van der Waals surface area contributed by atoms with Crippen LogP contribution < -0.4 is 0 Å². The highest BCUT2D eigenvalue weighted by molar-refractivity contribution is 4.92. The van der Waals surface area contributed by atoms with Crippen molar-refractivity contribution in [2.24, 2.45) is 5.92 Å². The predicted octanol–water partition coefficient (Wildman–Crippen LogP) is 3.46. The molecule has 0 nitrogen and oxygen atoms in total. The first-order chi connectivity index (χ1) is 5.31. The molecule has 0 heterocycles. The molecule has 0 aliphatic heterocycles. The molecule has 0 aromatic carbocycles. The van der Waals surface area contributed by atoms with Gasteiger partial charge < -0.3 is 0 Å². The molecule has 2 saturated carbocycles. The van der Waals surface area contributed by atoms with Crippen LogP contribution >= 0.6 is 0 Å². The number of hydrogen-bond acceptors (Lipinski definition) is 0. The highest BCUT2D eigenvalue weighted by Crippen LogP contribution is 2.46. The van der Waals surface area contributed by atoms with E-state index in [0.717, 1.165) is 38.5 Å². The van der Waals surface area contributed by atoms with E-state index in [1.54, 1.807) is 0 Å². The van der Waals surface area contributed by atoms with Gasteiger partial charge in [0.1, 0.15) is 5.67 Å². The summed E-state index contributed by atoms with van der Waals surface area (Å²) in [6, 6.07) is 0. The summed E-state index contributed by atoms with van der Waals surface area (Å²) in [5.41, 5.74) is -0.726. The minimum absolute atomic E-state index is 0.435. The van der Waals surface area contributed by atoms with Crippen molar-refractivity contribution < 1.29 is 4.39 Å². The summed E-state index contributed by atoms with van der Waals surface area (Å²) in [4.78, 5) is 0. The molecule has 0 radical (unpaired) electrons. The molecule has 0 saturated heterocycles. The molecule has 2 fully saturated rings. The van der Waals surface area contributed by atoms with Gasteiger partial charge in [0, 0.05) is 0 Å². The molecule has 64 valence electrons. The van der Waals surface area contributed by atoms with Gasteiger partial charge in [0.05, 0.1) is 0 Å². The third kappa shape index (κ3) is 1.30. The lowest BCUT2D eigenvalue weighted by atomic mass is 9.69. The van der Waals surface area contributed by atoms with E-state index in [0.29, 0.717) is 5.92 Å². The average molecular weight is 156 g/mol. The summed E-state index contributed by atoms with van der Waals surface area (Å²) in [7, 11) is 0. The first-order valence-corrected chi connectivity index (χ1v) is 5.00. The summed E-state index contributed by atoms with van der Waals surface area (Å²) in [5, 5.41) is 0. The molecule has 0 N–H and O–H groups in total. The van der Waals surface area contributed by atoms with Crippen molar-refractivity contribution in [2.75, 3.05) is 0 Å². The van der Waals surface area contributed by atoms with Crippen LogP contribution in [0, 0.1) is 5.92 Å². The third-order valence-corrected chi connectivity index (χ3v) is 3.52. The topological polar surface area (TPSA) is 0 Å². The van der Waals surface area contributed by atoms with E-state index in [1.165, 1.54) is 12.8 Å². The van der Waals surface area contributed by atoms with Crippen molar-refractivity contribution in [2.45, 2.75) is 57.0 Å². The first-order valence-electron chi connectivity index (χ1n) is 5.00. The normalized spacial score (nSPS) is 45.0. The Balaban J connectivity index is 2.06. The Kier molecular flexibility index (Phi) is 1.90. The maximum absolute atomic E-state index is 14.0. The lowest BCUT2D eigenvalue weighted by Crippen LogP contribution is -2.38. The molecule has 0 atom stereocenters. The smallest absolute Gasteiger partial charge is 0.113 e. The Morgan fingerprint density at radius 3 is 1.91 bits per heavy atom. The number of hydrogen-bond donors (Lipinski definition) is 0. The largest absolute Gasteiger partial charge is 0.244 e. The van der Waals surface area contributed by atoms with Crippen LogP contribution in [0.3, 0.4) is 0 Å². The van der Waals surface area contributed by atoms with Crippen molar-refractivity contribution in [1.82, 2.24) is 0 Å². The highest BCUT2D eigenvalue weighted by atomic mass is 19.1. The number of rotatable bonds is 0. The summed E-state index contributed by atoms with van der Waals surface area (Å²) >= 11 is 0. The molecular formula is C10H17F. The second-order valence-electron chi connectivity index (χ2n) is 4.22. The van der Waals surface area contributed by atoms with Gasteiger partial charge in [-0.1, -0.05) is 25.7 Å². The molecule has 11 heavy (non-hydrogen) atoms. The molecule has 2 rings (SSSR count). The fourth-order valence-corrected chi connectivity index (χ4v) is 2.81. The van der Waals surface area contributed by atoms with Crippen molar-refractivity contribution >= 4 is 0 Å². The van der Waals surface area contributed by atoms with Gasteiger partial charge in [-0.05, 0) is 31.6 Å². The number of alkyl halides is 1. The summed E-state index contributed by atoms with van der Waals surface area (Å²) in [6.07, 6.45) is 8.86. The van der Waals surface area contributed by atoms with E-state index in [2.05, 4.69) is 0 Å². The van der Waals surface area contributed by atoms with Gasteiger partial charge in [-0.25, -0.2) is 4.39 Å². The summed E-state index contributed by atoms with van der Waals surface area (Å²) < 4.78 is 14.0. The average Bonchev–Trinajstić information content (AvgIpc) is 2.03. The Bertz CT molecular complexity index is 130. The predicted molar refractivity (Wildman–Crippen MR) is 44.3 cm³/mol. The van der Waals surface area contributed by atoms with Crippen LogP contribution in [0.25, 0.3) is 0 Å². The first kappa shape index (κ1) is 7.57. The minimum atomic E-state index is -0.726. The van der Waals surface area contributed by atoms with Crippen LogP contribution in [0.15, 0.2) is 0 Å². The molecule has 0 aromatic heterocycles. The Labute approximate surface area is 68.2 Å². The number of fused-ring (bicyclic) bond motifs is 1. The number of halogens is 1. The van der Waals surface area contributed by atoms with Gasteiger partial charge in [0.25, 0.3) is 0 Å². The molecule has 2 aliphatic rings. The van der Waals surface area contributed by atoms with E-state index < -0.39 is 5.67 Å². The monoisotopic (exact) mass is 156 g/mol. The molecule has 0 bridgehead atoms. The SMILES string of the molecule is FC12CCCCC1CCCC2. The van der Waals surface area contributed by atoms with Gasteiger partial charge in [0.2, 0.25) is 0 Å². The molecule has 0 unspecified atom stereocenters. The van der Waals surface area contributed by atoms with Gasteiger partial charge in [-0.15, -0.1) is 0 Å². The van der Waals surface area contributed by atoms with E-state index in [-0.39, 0.29) is 0 Å². The highest BCUT2D eigenvalue weighted by Gasteiger charge is 2.42. The van der Waals surface area contributed by atoms with Crippen LogP contribution in [0.2, 0.25) is 0 Å². The fourth-order valence-electron chi connectivity index (χ4n) is 2.81. The van der Waals surface area contributed by atoms with Gasteiger partial charge in [-0.2, -0.15) is 0 Å². The van der Waals surface area contributed by atoms with E-state index in [9.17, 15) is 4.39 Å². The van der Waals surface area contributed by atoms with Gasteiger partial charge in [-0.3, -0.25) is 0 Å². The van der Waals surface area contributed by atoms with Crippen LogP contribution in [0.4, 0.5) is 4.39 Å². The Morgan fingerprint density at radius 1 is 0.909 bits per heavy atom. The zero-order valence-corrected chi connectivity index (χ0v) is 7.11. The van der Waals surface area contributed by atoms with Crippen molar-refractivity contribution in [3.05, 3.63) is 0 Å². The molecule has 0 spiro atoms. The third-order valence-electron chi connectivity index (χ3n) is 3.52. The molecule has 2 aliphatic carbocycles. The molecular weight excluding hydrogens is 139 g/mol. The zero-order valence-electron chi connectivity index (χ0n) is 7.11. The molecule has 1 heteroatoms. The Hall–Kier alpha value is -0.0700. The van der Waals surface area contributed by atoms with Crippen LogP contribution in [0.1, 0.15) is 51.4 Å². The Morgan fingerprint density at radius 2 is 1.45 bits per heavy atom. The lowest BCUT2D eigenvalue weighted by Gasteiger charge is -2.41. The zero-order chi connectivity index (χ0) is 7.73. The van der Waals surface area contributed by atoms with Crippen LogP contribution in [0.5, 0.6) is 0 Å². The molecule has 0 amide bonds. The van der Waals surface area contributed by atoms with E-state index in [1.807, 2.05) is 0 Å². The standard InChI is InChI=1S/C10H17F/c11-10-7-3-1-5-9(10)6-2-4-8-10/h9H,1-8H2. The van der Waals surface area contributed by atoms with Crippen molar-refractivity contribution in [3.63, 3.8) is 0 Å². The second-order valence-corrected chi connectivity index (χ2v) is 4.22. The quantitative estimate of drug-likeness (QED) is 0.504. The summed E-state index contributed by atoms with van der Waals surface area (Å²) in [6.45, 7) is 0. The maximum atomic E-state index is 14.0. The van der Waals surface area contributed by atoms with Gasteiger partial charge in [0.15, 0.2) is 0 Å². The van der Waals surface area contributed by atoms with E-state index in [4.69, 9.17) is 0 Å². The van der Waals surface area contributed by atoms with Gasteiger partial charge >= 0.3 is 0 Å². The van der Waals surface area contributed by atoms with Crippen molar-refractivity contribution in [3.8, 4) is 0 Å².